The van der Waals surface area contributed by atoms with E-state index in [-0.39, 0.29) is 51.0 Å². The van der Waals surface area contributed by atoms with Crippen molar-refractivity contribution in [1.29, 1.82) is 0 Å². The molecule has 0 fully saturated rings. The molecule has 0 bridgehead atoms. The van der Waals surface area contributed by atoms with Crippen LogP contribution in [-0.4, -0.2) is 0 Å². The predicted octanol–water partition coefficient (Wildman–Crippen LogP) is 0.739. The Hall–Kier alpha value is -1.60. The molecule has 2 aliphatic carbocycles. The van der Waals surface area contributed by atoms with Gasteiger partial charge >= 0.3 is 26.2 Å². The molecule has 0 aromatic heterocycles. The quantitative estimate of drug-likeness (QED) is 0.329. The van der Waals surface area contributed by atoms with Crippen LogP contribution in [0.3, 0.4) is 0 Å². The number of halogens is 2. The van der Waals surface area contributed by atoms with Crippen LogP contribution in [0, 0.1) is 12.1 Å². The number of fused-ring (bicyclic) bond motifs is 3. The maximum atomic E-state index is 7.00. The first-order chi connectivity index (χ1) is 12.3. The van der Waals surface area contributed by atoms with Crippen LogP contribution >= 0.6 is 0 Å². The average Bonchev–Trinajstić information content (AvgIpc) is 3.34. The molecule has 0 amide bonds. The molecule has 3 aromatic carbocycles. The number of hydrogen-bond acceptors (Lipinski definition) is 0. The molecule has 28 heavy (non-hydrogen) atoms. The van der Waals surface area contributed by atoms with Gasteiger partial charge in [-0.1, -0.05) is 65.7 Å². The van der Waals surface area contributed by atoms with E-state index >= 15 is 0 Å². The number of benzene rings is 3. The number of nitrogens with one attached hydrogen (secondary N) is 1. The van der Waals surface area contributed by atoms with Crippen LogP contribution in [0.15, 0.2) is 91.0 Å². The molecule has 0 aliphatic heterocycles. The van der Waals surface area contributed by atoms with Gasteiger partial charge in [-0.3, -0.25) is 6.08 Å². The van der Waals surface area contributed by atoms with Gasteiger partial charge in [-0.2, -0.15) is 35.9 Å². The van der Waals surface area contributed by atoms with Gasteiger partial charge in [-0.25, -0.2) is 12.2 Å². The van der Waals surface area contributed by atoms with Crippen LogP contribution < -0.4 is 24.8 Å². The van der Waals surface area contributed by atoms with Gasteiger partial charge in [0.15, 0.2) is 0 Å². The Morgan fingerprint density at radius 1 is 0.786 bits per heavy atom. The van der Waals surface area contributed by atoms with E-state index in [1.54, 1.807) is 12.1 Å². The molecule has 0 spiro atoms. The molecule has 0 saturated heterocycles. The van der Waals surface area contributed by atoms with Gasteiger partial charge in [0, 0.05) is 0 Å². The van der Waals surface area contributed by atoms with Gasteiger partial charge in [0.05, 0.1) is 0 Å². The predicted molar refractivity (Wildman–Crippen MR) is 106 cm³/mol. The summed E-state index contributed by atoms with van der Waals surface area (Å²) in [5.74, 6) is 0. The normalized spacial score (nSPS) is 11.0. The summed E-state index contributed by atoms with van der Waals surface area (Å²) < 4.78 is 0. The van der Waals surface area contributed by atoms with Gasteiger partial charge in [0.25, 0.3) is 0 Å². The van der Waals surface area contributed by atoms with Crippen LogP contribution in [0.2, 0.25) is 0 Å². The third kappa shape index (κ3) is 7.80. The smallest absolute Gasteiger partial charge is 1.00 e. The maximum Gasteiger partial charge on any atom is 2.00 e. The molecule has 4 heteroatoms. The summed E-state index contributed by atoms with van der Waals surface area (Å²) in [6.45, 7) is 0. The number of hydrogen-bond donors (Lipinski definition) is 0. The Balaban J connectivity index is 0.000000419. The third-order valence-corrected chi connectivity index (χ3v) is 3.98. The minimum Gasteiger partial charge on any atom is -1.00 e. The van der Waals surface area contributed by atoms with Crippen LogP contribution in [0.25, 0.3) is 16.9 Å². The van der Waals surface area contributed by atoms with Crippen molar-refractivity contribution in [3.63, 3.8) is 0 Å². The van der Waals surface area contributed by atoms with Crippen molar-refractivity contribution in [1.82, 2.24) is 0 Å². The second kappa shape index (κ2) is 14.4. The van der Waals surface area contributed by atoms with Crippen molar-refractivity contribution < 1.29 is 51.0 Å². The fourth-order valence-electron chi connectivity index (χ4n) is 2.78. The summed E-state index contributed by atoms with van der Waals surface area (Å²) in [6, 6.07) is 27.2. The second-order valence-electron chi connectivity index (χ2n) is 5.77. The molecule has 142 valence electrons. The van der Waals surface area contributed by atoms with Crippen molar-refractivity contribution in [3.8, 4) is 11.1 Å². The minimum absolute atomic E-state index is 0. The average molecular weight is 485 g/mol. The summed E-state index contributed by atoms with van der Waals surface area (Å²) in [5, 5.41) is 0. The van der Waals surface area contributed by atoms with E-state index in [4.69, 9.17) is 5.73 Å². The molecule has 0 radical (unpaired) electrons. The molecule has 2 aliphatic rings. The van der Waals surface area contributed by atoms with Gasteiger partial charge in [0.1, 0.15) is 0 Å². The molecule has 0 atom stereocenters. The van der Waals surface area contributed by atoms with Crippen molar-refractivity contribution in [2.24, 2.45) is 0 Å². The molecule has 1 nitrogen and oxygen atoms in total. The molecule has 3 aromatic rings. The van der Waals surface area contributed by atoms with E-state index in [1.807, 2.05) is 36.4 Å². The third-order valence-electron chi connectivity index (χ3n) is 3.98. The Labute approximate surface area is 199 Å². The van der Waals surface area contributed by atoms with Crippen molar-refractivity contribution in [2.75, 3.05) is 0 Å². The van der Waals surface area contributed by atoms with Gasteiger partial charge in [0.2, 0.25) is 0 Å². The van der Waals surface area contributed by atoms with Crippen molar-refractivity contribution in [2.45, 2.75) is 12.8 Å². The van der Waals surface area contributed by atoms with E-state index in [0.717, 1.165) is 12.8 Å². The topological polar surface area (TPSA) is 23.8 Å². The van der Waals surface area contributed by atoms with Gasteiger partial charge in [-0.05, 0) is 6.42 Å². The molecule has 0 heterocycles. The monoisotopic (exact) mass is 482 g/mol. The summed E-state index contributed by atoms with van der Waals surface area (Å²) in [5.41, 5.74) is 13.1. The van der Waals surface area contributed by atoms with Crippen LogP contribution in [0.5, 0.6) is 0 Å². The second-order valence-corrected chi connectivity index (χ2v) is 5.77. The fraction of sp³-hybridized carbons (Fsp3) is 0.0833. The Bertz CT molecular complexity index is 823. The first kappa shape index (κ1) is 26.4. The zero-order valence-electron chi connectivity index (χ0n) is 15.3. The zero-order valence-corrected chi connectivity index (χ0v) is 19.3. The standard InChI is InChI=1S/C13H9.C6H6N.C5H5.2ClH.Zr/c1-3-7-12-10(5-1)9-11-6-2-4-8-13(11)12;7-6-4-2-1-3-5-6;1-2-4-5-3-1;;;/h1-5,7-8H,9H2;1-5,7H;1-3H,4H2;2*1H;/q3*-1;;;+2/p-2. The first-order valence-corrected chi connectivity index (χ1v) is 8.41. The number of allylic oxidation sites excluding steroid dienone is 4. The van der Waals surface area contributed by atoms with Crippen molar-refractivity contribution in [3.05, 3.63) is 120 Å². The maximum absolute atomic E-state index is 7.00. The first-order valence-electron chi connectivity index (χ1n) is 8.41. The van der Waals surface area contributed by atoms with Crippen LogP contribution in [0.4, 0.5) is 5.69 Å². The van der Waals surface area contributed by atoms with Crippen LogP contribution in [0.1, 0.15) is 17.5 Å². The Morgan fingerprint density at radius 3 is 2.04 bits per heavy atom. The molecule has 5 rings (SSSR count). The molecule has 1 N–H and O–H groups in total. The molecular weight excluding hydrogens is 464 g/mol. The number of rotatable bonds is 0. The van der Waals surface area contributed by atoms with E-state index in [1.165, 1.54) is 22.3 Å². The van der Waals surface area contributed by atoms with Gasteiger partial charge in [-0.15, -0.1) is 17.7 Å². The summed E-state index contributed by atoms with van der Waals surface area (Å²) in [4.78, 5) is 0. The molecule has 0 saturated carbocycles. The largest absolute Gasteiger partial charge is 2.00 e. The van der Waals surface area contributed by atoms with E-state index in [0.29, 0.717) is 5.69 Å². The molecular formula is C24H20Cl2NZr-3. The minimum atomic E-state index is 0. The van der Waals surface area contributed by atoms with E-state index in [9.17, 15) is 0 Å². The van der Waals surface area contributed by atoms with Crippen LogP contribution in [-0.2, 0) is 32.6 Å². The van der Waals surface area contributed by atoms with Crippen molar-refractivity contribution >= 4 is 5.69 Å². The molecule has 0 unspecified atom stereocenters. The Morgan fingerprint density at radius 2 is 1.46 bits per heavy atom. The SMILES string of the molecule is [C-]1=CC=CC1.[Cl-].[Cl-].[NH-]c1ccccc1.[Zr+2].[c-]1cccc2c1Cc1ccccc1-2. The summed E-state index contributed by atoms with van der Waals surface area (Å²) in [7, 11) is 0. The van der Waals surface area contributed by atoms with E-state index in [2.05, 4.69) is 54.6 Å². The summed E-state index contributed by atoms with van der Waals surface area (Å²) in [6.07, 6.45) is 11.0. The van der Waals surface area contributed by atoms with Gasteiger partial charge < -0.3 is 30.5 Å². The fourth-order valence-corrected chi connectivity index (χ4v) is 2.78. The Kier molecular flexibility index (Phi) is 13.6. The van der Waals surface area contributed by atoms with E-state index < -0.39 is 0 Å². The summed E-state index contributed by atoms with van der Waals surface area (Å²) >= 11 is 0. The zero-order chi connectivity index (χ0) is 17.3.